The summed E-state index contributed by atoms with van der Waals surface area (Å²) in [6, 6.07) is 0. The molecule has 1 rings (SSSR count). The summed E-state index contributed by atoms with van der Waals surface area (Å²) in [6.45, 7) is 5.80. The molecule has 0 aliphatic heterocycles. The summed E-state index contributed by atoms with van der Waals surface area (Å²) in [7, 11) is 0. The van der Waals surface area contributed by atoms with Crippen LogP contribution in [0.4, 0.5) is 0 Å². The minimum Gasteiger partial charge on any atom is -0.385 e. The van der Waals surface area contributed by atoms with E-state index in [9.17, 15) is 5.11 Å². The first-order valence-corrected chi connectivity index (χ1v) is 4.08. The number of hydrogen-bond acceptors (Lipinski definition) is 3. The van der Waals surface area contributed by atoms with Crippen LogP contribution in [-0.4, -0.2) is 15.1 Å². The molecule has 1 atom stereocenters. The lowest BCUT2D eigenvalue weighted by atomic mass is 10.1. The van der Waals surface area contributed by atoms with Crippen LogP contribution in [-0.2, 0) is 0 Å². The van der Waals surface area contributed by atoms with Gasteiger partial charge in [-0.05, 0) is 18.4 Å². The molecule has 1 heterocycles. The SMILES string of the molecule is Cc1cnc(C(O)C(C)C)nc1. The molecule has 0 amide bonds. The van der Waals surface area contributed by atoms with E-state index in [1.165, 1.54) is 0 Å². The summed E-state index contributed by atoms with van der Waals surface area (Å²) < 4.78 is 0. The minimum absolute atomic E-state index is 0.160. The molecule has 1 N–H and O–H groups in total. The van der Waals surface area contributed by atoms with Crippen LogP contribution in [0.5, 0.6) is 0 Å². The topological polar surface area (TPSA) is 46.0 Å². The van der Waals surface area contributed by atoms with Crippen LogP contribution in [0.25, 0.3) is 0 Å². The summed E-state index contributed by atoms with van der Waals surface area (Å²) in [5, 5.41) is 9.56. The van der Waals surface area contributed by atoms with Crippen molar-refractivity contribution in [1.82, 2.24) is 9.97 Å². The van der Waals surface area contributed by atoms with E-state index in [-0.39, 0.29) is 5.92 Å². The van der Waals surface area contributed by atoms with Gasteiger partial charge >= 0.3 is 0 Å². The molecule has 12 heavy (non-hydrogen) atoms. The van der Waals surface area contributed by atoms with Gasteiger partial charge in [-0.25, -0.2) is 9.97 Å². The van der Waals surface area contributed by atoms with Crippen LogP contribution >= 0.6 is 0 Å². The van der Waals surface area contributed by atoms with Gasteiger partial charge in [-0.3, -0.25) is 0 Å². The molecule has 3 heteroatoms. The van der Waals surface area contributed by atoms with Crippen molar-refractivity contribution in [1.29, 1.82) is 0 Å². The minimum atomic E-state index is -0.550. The van der Waals surface area contributed by atoms with Gasteiger partial charge < -0.3 is 5.11 Å². The van der Waals surface area contributed by atoms with Crippen molar-refractivity contribution in [2.45, 2.75) is 26.9 Å². The summed E-state index contributed by atoms with van der Waals surface area (Å²) in [6.07, 6.45) is 2.88. The van der Waals surface area contributed by atoms with E-state index < -0.39 is 6.10 Å². The Bertz CT molecular complexity index is 243. The second-order valence-corrected chi connectivity index (χ2v) is 3.31. The summed E-state index contributed by atoms with van der Waals surface area (Å²) >= 11 is 0. The highest BCUT2D eigenvalue weighted by atomic mass is 16.3. The molecule has 0 spiro atoms. The fourth-order valence-corrected chi connectivity index (χ4v) is 0.853. The van der Waals surface area contributed by atoms with Crippen molar-refractivity contribution >= 4 is 0 Å². The fourth-order valence-electron chi connectivity index (χ4n) is 0.853. The molecule has 0 saturated carbocycles. The van der Waals surface area contributed by atoms with Crippen molar-refractivity contribution in [2.24, 2.45) is 5.92 Å². The first kappa shape index (κ1) is 9.13. The van der Waals surface area contributed by atoms with Gasteiger partial charge in [0.1, 0.15) is 6.10 Å². The highest BCUT2D eigenvalue weighted by Gasteiger charge is 2.13. The highest BCUT2D eigenvalue weighted by Crippen LogP contribution is 2.16. The first-order chi connectivity index (χ1) is 5.61. The monoisotopic (exact) mass is 166 g/mol. The Hall–Kier alpha value is -0.960. The van der Waals surface area contributed by atoms with E-state index in [4.69, 9.17) is 0 Å². The molecule has 0 aromatic carbocycles. The highest BCUT2D eigenvalue weighted by molar-refractivity contribution is 5.03. The van der Waals surface area contributed by atoms with Gasteiger partial charge in [0.15, 0.2) is 5.82 Å². The Balaban J connectivity index is 2.82. The number of aliphatic hydroxyl groups excluding tert-OH is 1. The molecule has 1 unspecified atom stereocenters. The van der Waals surface area contributed by atoms with Crippen LogP contribution in [0.1, 0.15) is 31.3 Å². The van der Waals surface area contributed by atoms with Crippen LogP contribution in [0, 0.1) is 12.8 Å². The molecule has 0 fully saturated rings. The average Bonchev–Trinajstić information content (AvgIpc) is 2.04. The number of rotatable bonds is 2. The molecule has 0 saturated heterocycles. The van der Waals surface area contributed by atoms with Crippen LogP contribution < -0.4 is 0 Å². The van der Waals surface area contributed by atoms with Crippen molar-refractivity contribution in [3.05, 3.63) is 23.8 Å². The predicted molar refractivity (Wildman–Crippen MR) is 46.6 cm³/mol. The van der Waals surface area contributed by atoms with Crippen molar-refractivity contribution < 1.29 is 5.11 Å². The number of aromatic nitrogens is 2. The second-order valence-electron chi connectivity index (χ2n) is 3.31. The van der Waals surface area contributed by atoms with Gasteiger partial charge in [0.25, 0.3) is 0 Å². The molecule has 0 aliphatic carbocycles. The van der Waals surface area contributed by atoms with Gasteiger partial charge in [0.2, 0.25) is 0 Å². The van der Waals surface area contributed by atoms with Gasteiger partial charge in [-0.2, -0.15) is 0 Å². The quantitative estimate of drug-likeness (QED) is 0.723. The van der Waals surface area contributed by atoms with E-state index in [1.54, 1.807) is 12.4 Å². The Morgan fingerprint density at radius 2 is 1.75 bits per heavy atom. The third-order valence-corrected chi connectivity index (χ3v) is 1.70. The molecule has 0 aliphatic rings. The smallest absolute Gasteiger partial charge is 0.157 e. The average molecular weight is 166 g/mol. The van der Waals surface area contributed by atoms with E-state index >= 15 is 0 Å². The van der Waals surface area contributed by atoms with E-state index in [2.05, 4.69) is 9.97 Å². The Morgan fingerprint density at radius 1 is 1.25 bits per heavy atom. The lowest BCUT2D eigenvalue weighted by Gasteiger charge is -2.11. The van der Waals surface area contributed by atoms with Crippen molar-refractivity contribution in [3.63, 3.8) is 0 Å². The molecule has 0 bridgehead atoms. The normalized spacial score (nSPS) is 13.4. The maximum absolute atomic E-state index is 9.56. The summed E-state index contributed by atoms with van der Waals surface area (Å²) in [4.78, 5) is 8.08. The molecule has 1 aromatic rings. The van der Waals surface area contributed by atoms with Gasteiger partial charge in [0.05, 0.1) is 0 Å². The maximum Gasteiger partial charge on any atom is 0.157 e. The molecular formula is C9H14N2O. The fraction of sp³-hybridized carbons (Fsp3) is 0.556. The zero-order chi connectivity index (χ0) is 9.14. The Morgan fingerprint density at radius 3 is 2.17 bits per heavy atom. The van der Waals surface area contributed by atoms with E-state index in [1.807, 2.05) is 20.8 Å². The van der Waals surface area contributed by atoms with Crippen LogP contribution in [0.15, 0.2) is 12.4 Å². The molecule has 0 radical (unpaired) electrons. The van der Waals surface area contributed by atoms with Crippen molar-refractivity contribution in [2.75, 3.05) is 0 Å². The standard InChI is InChI=1S/C9H14N2O/c1-6(2)8(12)9-10-4-7(3)5-11-9/h4-6,8,12H,1-3H3. The largest absolute Gasteiger partial charge is 0.385 e. The Labute approximate surface area is 72.5 Å². The first-order valence-electron chi connectivity index (χ1n) is 4.08. The zero-order valence-electron chi connectivity index (χ0n) is 7.65. The lowest BCUT2D eigenvalue weighted by Crippen LogP contribution is -2.09. The van der Waals surface area contributed by atoms with Gasteiger partial charge in [-0.15, -0.1) is 0 Å². The maximum atomic E-state index is 9.56. The molecule has 3 nitrogen and oxygen atoms in total. The van der Waals surface area contributed by atoms with E-state index in [0.29, 0.717) is 5.82 Å². The number of nitrogens with zero attached hydrogens (tertiary/aromatic N) is 2. The summed E-state index contributed by atoms with van der Waals surface area (Å²) in [5.41, 5.74) is 1.01. The van der Waals surface area contributed by atoms with Gasteiger partial charge in [0, 0.05) is 12.4 Å². The number of aliphatic hydroxyl groups is 1. The summed E-state index contributed by atoms with van der Waals surface area (Å²) in [5.74, 6) is 0.670. The Kier molecular flexibility index (Phi) is 2.76. The van der Waals surface area contributed by atoms with Crippen LogP contribution in [0.2, 0.25) is 0 Å². The predicted octanol–water partition coefficient (Wildman–Crippen LogP) is 1.47. The molecule has 66 valence electrons. The zero-order valence-corrected chi connectivity index (χ0v) is 7.65. The molecular weight excluding hydrogens is 152 g/mol. The lowest BCUT2D eigenvalue weighted by molar-refractivity contribution is 0.117. The molecule has 1 aromatic heterocycles. The van der Waals surface area contributed by atoms with Crippen molar-refractivity contribution in [3.8, 4) is 0 Å². The third-order valence-electron chi connectivity index (χ3n) is 1.70. The third kappa shape index (κ3) is 2.01. The number of aryl methyl sites for hydroxylation is 1. The van der Waals surface area contributed by atoms with Gasteiger partial charge in [-0.1, -0.05) is 13.8 Å². The number of hydrogen-bond donors (Lipinski definition) is 1. The van der Waals surface area contributed by atoms with E-state index in [0.717, 1.165) is 5.56 Å². The van der Waals surface area contributed by atoms with Crippen LogP contribution in [0.3, 0.4) is 0 Å². The second kappa shape index (κ2) is 3.63.